The molecule has 0 aliphatic carbocycles. The maximum Gasteiger partial charge on any atom is 1.00 e. The van der Waals surface area contributed by atoms with E-state index in [0.29, 0.717) is 0 Å². The molecular weight excluding hydrogens is 243 g/mol. The van der Waals surface area contributed by atoms with Crippen molar-refractivity contribution in [2.24, 2.45) is 0 Å². The van der Waals surface area contributed by atoms with Crippen LogP contribution < -0.4 is 34.7 Å². The Hall–Kier alpha value is -1.57. The van der Waals surface area contributed by atoms with Gasteiger partial charge in [0.05, 0.1) is 11.5 Å². The zero-order valence-corrected chi connectivity index (χ0v) is 10.8. The van der Waals surface area contributed by atoms with E-state index >= 15 is 0 Å². The minimum atomic E-state index is -1.82. The number of aliphatic carboxylic acids is 1. The molecule has 86 valence electrons. The Morgan fingerprint density at radius 1 is 0.882 bits per heavy atom. The van der Waals surface area contributed by atoms with E-state index in [-0.39, 0.29) is 29.6 Å². The van der Waals surface area contributed by atoms with E-state index in [4.69, 9.17) is 15.3 Å². The summed E-state index contributed by atoms with van der Waals surface area (Å²) in [6, 6.07) is 0. The molecule has 0 heterocycles. The number of carboxylic acid groups (broad SMARTS) is 1. The van der Waals surface area contributed by atoms with Crippen molar-refractivity contribution in [3.63, 3.8) is 0 Å². The van der Waals surface area contributed by atoms with Crippen molar-refractivity contribution in [1.82, 2.24) is 0 Å². The molecule has 7 nitrogen and oxygen atoms in total. The average Bonchev–Trinajstić information content (AvgIpc) is 2.23. The number of hydrogen-bond acceptors (Lipinski definition) is 7. The molecule has 0 aliphatic heterocycles. The Balaban J connectivity index is 0.00000256. The number of phenols is 5. The minimum absolute atomic E-state index is 0. The number of phenolic OH excluding ortho intramolecular Hbond substituents is 5. The van der Waals surface area contributed by atoms with Gasteiger partial charge in [-0.3, -0.25) is 0 Å². The van der Waals surface area contributed by atoms with E-state index in [2.05, 4.69) is 6.58 Å². The molecule has 0 spiro atoms. The zero-order chi connectivity index (χ0) is 12.6. The van der Waals surface area contributed by atoms with Gasteiger partial charge in [0.15, 0.2) is 11.5 Å². The predicted octanol–water partition coefficient (Wildman–Crippen LogP) is -4.02. The number of carbonyl (C=O) groups is 1. The van der Waals surface area contributed by atoms with Gasteiger partial charge in [-0.15, -0.1) is 0 Å². The number of hydrogen-bond donors (Lipinski definition) is 5. The van der Waals surface area contributed by atoms with Crippen molar-refractivity contribution in [2.75, 3.05) is 0 Å². The van der Waals surface area contributed by atoms with Crippen LogP contribution in [0.15, 0.2) is 6.58 Å². The van der Waals surface area contributed by atoms with E-state index < -0.39 is 45.9 Å². The van der Waals surface area contributed by atoms with Gasteiger partial charge in [-0.1, -0.05) is 6.58 Å². The van der Waals surface area contributed by atoms with Crippen molar-refractivity contribution in [3.05, 3.63) is 12.1 Å². The molecule has 0 amide bonds. The molecule has 5 N–H and O–H groups in total. The van der Waals surface area contributed by atoms with Crippen molar-refractivity contribution >= 4 is 11.5 Å². The van der Waals surface area contributed by atoms with Gasteiger partial charge in [-0.2, -0.15) is 0 Å². The summed E-state index contributed by atoms with van der Waals surface area (Å²) in [5, 5.41) is 56.2. The quantitative estimate of drug-likeness (QED) is 0.156. The van der Waals surface area contributed by atoms with Crippen LogP contribution in [0.25, 0.3) is 5.57 Å². The van der Waals surface area contributed by atoms with Gasteiger partial charge in [0.1, 0.15) is 0 Å². The minimum Gasteiger partial charge on any atom is -0.545 e. The van der Waals surface area contributed by atoms with E-state index in [0.717, 1.165) is 0 Å². The first-order valence-electron chi connectivity index (χ1n) is 3.88. The molecule has 0 fully saturated rings. The number of carbonyl (C=O) groups excluding carboxylic acids is 1. The number of rotatable bonds is 2. The molecule has 0 unspecified atom stereocenters. The van der Waals surface area contributed by atoms with Gasteiger partial charge in [0.25, 0.3) is 0 Å². The number of carboxylic acids is 1. The van der Waals surface area contributed by atoms with Crippen molar-refractivity contribution in [3.8, 4) is 28.7 Å². The van der Waals surface area contributed by atoms with Crippen LogP contribution in [0.3, 0.4) is 0 Å². The molecule has 1 aromatic rings. The summed E-state index contributed by atoms with van der Waals surface area (Å²) in [4.78, 5) is 10.5. The molecule has 17 heavy (non-hydrogen) atoms. The normalized spacial score (nSPS) is 9.41. The first-order valence-corrected chi connectivity index (χ1v) is 3.88. The van der Waals surface area contributed by atoms with Crippen molar-refractivity contribution < 1.29 is 65.0 Å². The molecule has 0 saturated carbocycles. The predicted molar refractivity (Wildman–Crippen MR) is 48.8 cm³/mol. The third-order valence-electron chi connectivity index (χ3n) is 1.92. The van der Waals surface area contributed by atoms with Crippen LogP contribution in [-0.2, 0) is 4.79 Å². The average molecular weight is 250 g/mol. The SMILES string of the molecule is C=C(C(=O)[O-])c1c(O)c(O)c(O)c(O)c1O.[Na+]. The Kier molecular flexibility index (Phi) is 4.70. The van der Waals surface area contributed by atoms with Gasteiger partial charge >= 0.3 is 29.6 Å². The second-order valence-corrected chi connectivity index (χ2v) is 2.88. The second kappa shape index (κ2) is 5.17. The van der Waals surface area contributed by atoms with Crippen molar-refractivity contribution in [1.29, 1.82) is 0 Å². The first kappa shape index (κ1) is 15.4. The Bertz CT molecular complexity index is 466. The van der Waals surface area contributed by atoms with Gasteiger partial charge in [0.2, 0.25) is 17.2 Å². The monoisotopic (exact) mass is 250 g/mol. The maximum atomic E-state index is 10.5. The summed E-state index contributed by atoms with van der Waals surface area (Å²) in [6.45, 7) is 2.97. The van der Waals surface area contributed by atoms with E-state index in [1.165, 1.54) is 0 Å². The fourth-order valence-corrected chi connectivity index (χ4v) is 1.07. The Labute approximate surface area is 117 Å². The number of benzene rings is 1. The van der Waals surface area contributed by atoms with Gasteiger partial charge in [-0.25, -0.2) is 0 Å². The Morgan fingerprint density at radius 2 is 1.18 bits per heavy atom. The summed E-state index contributed by atoms with van der Waals surface area (Å²) in [5.74, 6) is -7.59. The molecule has 0 aromatic heterocycles. The molecule has 0 saturated heterocycles. The van der Waals surface area contributed by atoms with Crippen LogP contribution in [0.2, 0.25) is 0 Å². The molecule has 1 aromatic carbocycles. The van der Waals surface area contributed by atoms with Gasteiger partial charge in [0, 0.05) is 5.57 Å². The largest absolute Gasteiger partial charge is 1.00 e. The molecule has 0 radical (unpaired) electrons. The first-order chi connectivity index (χ1) is 7.29. The van der Waals surface area contributed by atoms with E-state index in [1.54, 1.807) is 0 Å². The summed E-state index contributed by atoms with van der Waals surface area (Å²) in [7, 11) is 0. The van der Waals surface area contributed by atoms with Crippen LogP contribution in [0, 0.1) is 0 Å². The fourth-order valence-electron chi connectivity index (χ4n) is 1.07. The molecule has 1 rings (SSSR count). The summed E-state index contributed by atoms with van der Waals surface area (Å²) in [5.41, 5.74) is -1.69. The van der Waals surface area contributed by atoms with Crippen molar-refractivity contribution in [2.45, 2.75) is 0 Å². The van der Waals surface area contributed by atoms with Crippen LogP contribution in [0.1, 0.15) is 5.56 Å². The van der Waals surface area contributed by atoms with Gasteiger partial charge in [-0.05, 0) is 0 Å². The topological polar surface area (TPSA) is 141 Å². The third-order valence-corrected chi connectivity index (χ3v) is 1.92. The standard InChI is InChI=1S/C9H8O7.Na/c1-2(9(15)16)3-4(10)6(12)8(14)7(13)5(3)11;/h10-14H,1H2,(H,15,16);/q;+1/p-1. The Morgan fingerprint density at radius 3 is 1.47 bits per heavy atom. The fraction of sp³-hybridized carbons (Fsp3) is 0. The van der Waals surface area contributed by atoms with Crippen LogP contribution in [-0.4, -0.2) is 31.5 Å². The molecule has 8 heteroatoms. The summed E-state index contributed by atoms with van der Waals surface area (Å²) in [6.07, 6.45) is 0. The smallest absolute Gasteiger partial charge is 0.545 e. The molecular formula is C9H7NaO7. The van der Waals surface area contributed by atoms with E-state index in [9.17, 15) is 20.1 Å². The van der Waals surface area contributed by atoms with Crippen LogP contribution in [0.4, 0.5) is 0 Å². The van der Waals surface area contributed by atoms with Crippen LogP contribution >= 0.6 is 0 Å². The van der Waals surface area contributed by atoms with Crippen LogP contribution in [0.5, 0.6) is 28.7 Å². The maximum absolute atomic E-state index is 10.5. The zero-order valence-electron chi connectivity index (χ0n) is 8.76. The summed E-state index contributed by atoms with van der Waals surface area (Å²) < 4.78 is 0. The summed E-state index contributed by atoms with van der Waals surface area (Å²) >= 11 is 0. The van der Waals surface area contributed by atoms with Gasteiger partial charge < -0.3 is 35.4 Å². The molecule has 0 bridgehead atoms. The molecule has 0 atom stereocenters. The third kappa shape index (κ3) is 2.41. The molecule has 0 aliphatic rings. The number of aromatic hydroxyl groups is 5. The second-order valence-electron chi connectivity index (χ2n) is 2.88. The van der Waals surface area contributed by atoms with E-state index in [1.807, 2.05) is 0 Å².